The number of nitro benzene ring substituents is 1. The molecule has 0 unspecified atom stereocenters. The molecule has 1 amide bonds. The Bertz CT molecular complexity index is 501. The summed E-state index contributed by atoms with van der Waals surface area (Å²) >= 11 is 0. The van der Waals surface area contributed by atoms with Crippen LogP contribution in [0.2, 0.25) is 0 Å². The van der Waals surface area contributed by atoms with Gasteiger partial charge in [-0.15, -0.1) is 0 Å². The van der Waals surface area contributed by atoms with Crippen molar-refractivity contribution < 1.29 is 19.6 Å². The Balaban J connectivity index is 2.66. The Morgan fingerprint density at radius 1 is 1.50 bits per heavy atom. The lowest BCUT2D eigenvalue weighted by atomic mass is 10.1. The van der Waals surface area contributed by atoms with Crippen molar-refractivity contribution in [2.45, 2.75) is 19.4 Å². The summed E-state index contributed by atoms with van der Waals surface area (Å²) in [5.74, 6) is -0.0710. The number of aliphatic hydroxyl groups excluding tert-OH is 1. The zero-order valence-electron chi connectivity index (χ0n) is 11.7. The molecule has 0 heterocycles. The van der Waals surface area contributed by atoms with Gasteiger partial charge in [0.15, 0.2) is 6.61 Å². The van der Waals surface area contributed by atoms with Crippen LogP contribution in [0, 0.1) is 10.1 Å². The standard InChI is InChI=1S/C13H18N2O5/c1-13(2,9-16)14(3)12(17)8-20-11-6-4-5-10(7-11)15(18)19/h4-7,16H,8-9H2,1-3H3. The van der Waals surface area contributed by atoms with E-state index in [1.54, 1.807) is 20.9 Å². The molecule has 0 spiro atoms. The van der Waals surface area contributed by atoms with E-state index in [0.29, 0.717) is 0 Å². The van der Waals surface area contributed by atoms with Crippen molar-refractivity contribution >= 4 is 11.6 Å². The molecule has 0 bridgehead atoms. The number of nitro groups is 1. The second kappa shape index (κ2) is 6.33. The number of hydrogen-bond donors (Lipinski definition) is 1. The maximum absolute atomic E-state index is 11.9. The Morgan fingerprint density at radius 2 is 2.15 bits per heavy atom. The van der Waals surface area contributed by atoms with Gasteiger partial charge in [-0.05, 0) is 19.9 Å². The second-order valence-corrected chi connectivity index (χ2v) is 4.97. The summed E-state index contributed by atoms with van der Waals surface area (Å²) in [5, 5.41) is 19.8. The molecule has 7 heteroatoms. The first kappa shape index (κ1) is 15.9. The number of benzene rings is 1. The summed E-state index contributed by atoms with van der Waals surface area (Å²) in [6, 6.07) is 5.62. The van der Waals surface area contributed by atoms with E-state index in [0.717, 1.165) is 0 Å². The summed E-state index contributed by atoms with van der Waals surface area (Å²) < 4.78 is 5.24. The third-order valence-electron chi connectivity index (χ3n) is 3.06. The monoisotopic (exact) mass is 282 g/mol. The fourth-order valence-electron chi connectivity index (χ4n) is 1.37. The van der Waals surface area contributed by atoms with Gasteiger partial charge >= 0.3 is 0 Å². The predicted molar refractivity (Wildman–Crippen MR) is 72.5 cm³/mol. The lowest BCUT2D eigenvalue weighted by Gasteiger charge is -2.33. The molecule has 1 N–H and O–H groups in total. The molecule has 1 aromatic rings. The summed E-state index contributed by atoms with van der Waals surface area (Å²) in [5.41, 5.74) is -0.789. The Morgan fingerprint density at radius 3 is 2.70 bits per heavy atom. The van der Waals surface area contributed by atoms with E-state index in [4.69, 9.17) is 4.74 Å². The molecule has 0 atom stereocenters. The average molecular weight is 282 g/mol. The van der Waals surface area contributed by atoms with Crippen molar-refractivity contribution in [3.63, 3.8) is 0 Å². The minimum absolute atomic E-state index is 0.0982. The smallest absolute Gasteiger partial charge is 0.273 e. The van der Waals surface area contributed by atoms with E-state index in [1.807, 2.05) is 0 Å². The van der Waals surface area contributed by atoms with Crippen LogP contribution in [0.15, 0.2) is 24.3 Å². The van der Waals surface area contributed by atoms with Gasteiger partial charge in [-0.3, -0.25) is 14.9 Å². The van der Waals surface area contributed by atoms with Gasteiger partial charge in [0.1, 0.15) is 5.75 Å². The van der Waals surface area contributed by atoms with E-state index in [-0.39, 0.29) is 30.6 Å². The van der Waals surface area contributed by atoms with Gasteiger partial charge in [-0.25, -0.2) is 0 Å². The number of ether oxygens (including phenoxy) is 1. The SMILES string of the molecule is CN(C(=O)COc1cccc([N+](=O)[O-])c1)C(C)(C)CO. The molecule has 0 aliphatic heterocycles. The molecule has 0 fully saturated rings. The van der Waals surface area contributed by atoms with Crippen LogP contribution >= 0.6 is 0 Å². The number of aliphatic hydroxyl groups is 1. The summed E-state index contributed by atoms with van der Waals surface area (Å²) in [6.07, 6.45) is 0. The maximum Gasteiger partial charge on any atom is 0.273 e. The van der Waals surface area contributed by atoms with Crippen molar-refractivity contribution in [3.8, 4) is 5.75 Å². The zero-order chi connectivity index (χ0) is 15.3. The molecule has 0 aliphatic carbocycles. The van der Waals surface area contributed by atoms with Crippen molar-refractivity contribution in [1.29, 1.82) is 0 Å². The van der Waals surface area contributed by atoms with Crippen LogP contribution in [-0.2, 0) is 4.79 Å². The fraction of sp³-hybridized carbons (Fsp3) is 0.462. The van der Waals surface area contributed by atoms with Crippen molar-refractivity contribution in [2.24, 2.45) is 0 Å². The zero-order valence-corrected chi connectivity index (χ0v) is 11.7. The van der Waals surface area contributed by atoms with E-state index >= 15 is 0 Å². The van der Waals surface area contributed by atoms with Gasteiger partial charge in [-0.2, -0.15) is 0 Å². The van der Waals surface area contributed by atoms with Crippen LogP contribution in [0.4, 0.5) is 5.69 Å². The Labute approximate surface area is 116 Å². The van der Waals surface area contributed by atoms with Crippen LogP contribution in [0.5, 0.6) is 5.75 Å². The molecule has 7 nitrogen and oxygen atoms in total. The van der Waals surface area contributed by atoms with Crippen LogP contribution in [0.1, 0.15) is 13.8 Å². The van der Waals surface area contributed by atoms with Gasteiger partial charge in [0.25, 0.3) is 11.6 Å². The topological polar surface area (TPSA) is 92.9 Å². The minimum atomic E-state index is -0.691. The number of carbonyl (C=O) groups is 1. The van der Waals surface area contributed by atoms with Gasteiger partial charge in [0.05, 0.1) is 23.1 Å². The molecule has 0 saturated carbocycles. The first-order valence-corrected chi connectivity index (χ1v) is 6.02. The van der Waals surface area contributed by atoms with Gasteiger partial charge in [0, 0.05) is 13.1 Å². The number of likely N-dealkylation sites (N-methyl/N-ethyl adjacent to an activating group) is 1. The van der Waals surface area contributed by atoms with E-state index in [9.17, 15) is 20.0 Å². The van der Waals surface area contributed by atoms with Crippen molar-refractivity contribution in [3.05, 3.63) is 34.4 Å². The molecule has 1 rings (SSSR count). The Hall–Kier alpha value is -2.15. The molecule has 110 valence electrons. The summed E-state index contributed by atoms with van der Waals surface area (Å²) in [6.45, 7) is 3.02. The number of nitrogens with zero attached hydrogens (tertiary/aromatic N) is 2. The summed E-state index contributed by atoms with van der Waals surface area (Å²) in [7, 11) is 1.56. The fourth-order valence-corrected chi connectivity index (χ4v) is 1.37. The predicted octanol–water partition coefficient (Wildman–Crippen LogP) is 1.20. The molecular weight excluding hydrogens is 264 g/mol. The maximum atomic E-state index is 11.9. The lowest BCUT2D eigenvalue weighted by molar-refractivity contribution is -0.384. The largest absolute Gasteiger partial charge is 0.484 e. The van der Waals surface area contributed by atoms with E-state index in [1.165, 1.54) is 29.2 Å². The van der Waals surface area contributed by atoms with E-state index in [2.05, 4.69) is 0 Å². The Kier molecular flexibility index (Phi) is 5.04. The highest BCUT2D eigenvalue weighted by Crippen LogP contribution is 2.19. The molecule has 0 radical (unpaired) electrons. The normalized spacial score (nSPS) is 11.0. The van der Waals surface area contributed by atoms with Gasteiger partial charge < -0.3 is 14.7 Å². The molecule has 0 aromatic heterocycles. The quantitative estimate of drug-likeness (QED) is 0.625. The molecule has 0 aliphatic rings. The van der Waals surface area contributed by atoms with Crippen LogP contribution in [0.3, 0.4) is 0 Å². The van der Waals surface area contributed by atoms with Gasteiger partial charge in [-0.1, -0.05) is 6.07 Å². The third kappa shape index (κ3) is 3.92. The molecule has 1 aromatic carbocycles. The minimum Gasteiger partial charge on any atom is -0.484 e. The van der Waals surface area contributed by atoms with Crippen molar-refractivity contribution in [2.75, 3.05) is 20.3 Å². The average Bonchev–Trinajstić information content (AvgIpc) is 2.44. The number of amides is 1. The highest BCUT2D eigenvalue weighted by atomic mass is 16.6. The number of hydrogen-bond acceptors (Lipinski definition) is 5. The lowest BCUT2D eigenvalue weighted by Crippen LogP contribution is -2.49. The first-order chi connectivity index (χ1) is 9.27. The molecule has 0 saturated heterocycles. The highest BCUT2D eigenvalue weighted by Gasteiger charge is 2.26. The van der Waals surface area contributed by atoms with Gasteiger partial charge in [0.2, 0.25) is 0 Å². The van der Waals surface area contributed by atoms with Crippen LogP contribution in [0.25, 0.3) is 0 Å². The number of non-ortho nitro benzene ring substituents is 1. The van der Waals surface area contributed by atoms with Crippen LogP contribution in [-0.4, -0.2) is 46.6 Å². The number of carbonyl (C=O) groups excluding carboxylic acids is 1. The molecular formula is C13H18N2O5. The summed E-state index contributed by atoms with van der Waals surface area (Å²) in [4.78, 5) is 23.4. The molecule has 20 heavy (non-hydrogen) atoms. The van der Waals surface area contributed by atoms with E-state index < -0.39 is 10.5 Å². The number of rotatable bonds is 6. The first-order valence-electron chi connectivity index (χ1n) is 6.02. The third-order valence-corrected chi connectivity index (χ3v) is 3.06. The van der Waals surface area contributed by atoms with Crippen molar-refractivity contribution in [1.82, 2.24) is 4.90 Å². The highest BCUT2D eigenvalue weighted by molar-refractivity contribution is 5.78. The van der Waals surface area contributed by atoms with Crippen LogP contribution < -0.4 is 4.74 Å². The second-order valence-electron chi connectivity index (χ2n) is 4.97.